The highest BCUT2D eigenvalue weighted by Crippen LogP contribution is 2.12. The molecule has 0 rings (SSSR count). The molecule has 0 atom stereocenters. The van der Waals surface area contributed by atoms with Gasteiger partial charge >= 0.3 is 5.97 Å². The van der Waals surface area contributed by atoms with Gasteiger partial charge in [0.25, 0.3) is 0 Å². The summed E-state index contributed by atoms with van der Waals surface area (Å²) in [6.07, 6.45) is 12.8. The minimum absolute atomic E-state index is 0.0595. The lowest BCUT2D eigenvalue weighted by Gasteiger charge is -2.02. The lowest BCUT2D eigenvalue weighted by molar-refractivity contribution is -0.137. The maximum Gasteiger partial charge on any atom is 0.303 e. The Hall–Kier alpha value is -1.32. The molecule has 0 spiro atoms. The number of hydrogen-bond donors (Lipinski definition) is 2. The largest absolute Gasteiger partial charge is 0.512 e. The second-order valence-corrected chi connectivity index (χ2v) is 5.93. The second kappa shape index (κ2) is 14.6. The van der Waals surface area contributed by atoms with Crippen molar-refractivity contribution >= 4 is 11.8 Å². The molecule has 0 fully saturated rings. The Morgan fingerprint density at radius 2 is 1.23 bits per heavy atom. The van der Waals surface area contributed by atoms with Crippen molar-refractivity contribution in [1.82, 2.24) is 0 Å². The van der Waals surface area contributed by atoms with Crippen LogP contribution in [0.4, 0.5) is 0 Å². The van der Waals surface area contributed by atoms with Crippen LogP contribution >= 0.6 is 0 Å². The Kier molecular flexibility index (Phi) is 13.7. The fourth-order valence-electron chi connectivity index (χ4n) is 2.35. The van der Waals surface area contributed by atoms with Crippen molar-refractivity contribution in [3.8, 4) is 0 Å². The molecule has 128 valence electrons. The lowest BCUT2D eigenvalue weighted by atomic mass is 10.1. The van der Waals surface area contributed by atoms with Crippen molar-refractivity contribution in [2.75, 3.05) is 0 Å². The van der Waals surface area contributed by atoms with Gasteiger partial charge in [0.2, 0.25) is 0 Å². The molecule has 0 amide bonds. The number of aliphatic carboxylic acids is 1. The number of rotatable bonds is 15. The number of aliphatic hydroxyl groups is 1. The summed E-state index contributed by atoms with van der Waals surface area (Å²) in [4.78, 5) is 21.9. The topological polar surface area (TPSA) is 74.6 Å². The smallest absolute Gasteiger partial charge is 0.303 e. The normalized spacial score (nSPS) is 11.6. The van der Waals surface area contributed by atoms with Gasteiger partial charge in [-0.1, -0.05) is 51.9 Å². The number of aliphatic hydroxyl groups excluding tert-OH is 1. The molecule has 0 unspecified atom stereocenters. The van der Waals surface area contributed by atoms with Crippen LogP contribution in [0.15, 0.2) is 11.8 Å². The van der Waals surface area contributed by atoms with Crippen LogP contribution in [0.1, 0.15) is 90.4 Å². The second-order valence-electron chi connectivity index (χ2n) is 5.93. The summed E-state index contributed by atoms with van der Waals surface area (Å²) < 4.78 is 0. The van der Waals surface area contributed by atoms with Crippen LogP contribution in [-0.2, 0) is 9.59 Å². The molecule has 0 aromatic heterocycles. The van der Waals surface area contributed by atoms with Crippen molar-refractivity contribution in [3.63, 3.8) is 0 Å². The average molecular weight is 312 g/mol. The highest BCUT2D eigenvalue weighted by Gasteiger charge is 2.03. The van der Waals surface area contributed by atoms with Crippen LogP contribution in [0.2, 0.25) is 0 Å². The van der Waals surface area contributed by atoms with Crippen molar-refractivity contribution < 1.29 is 19.8 Å². The summed E-state index contributed by atoms with van der Waals surface area (Å²) in [7, 11) is 0. The third-order valence-corrected chi connectivity index (χ3v) is 3.68. The first-order valence-electron chi connectivity index (χ1n) is 8.70. The van der Waals surface area contributed by atoms with Crippen molar-refractivity contribution in [2.45, 2.75) is 90.4 Å². The molecule has 22 heavy (non-hydrogen) atoms. The Morgan fingerprint density at radius 3 is 1.86 bits per heavy atom. The number of unbranched alkanes of at least 4 members (excludes halogenated alkanes) is 8. The first kappa shape index (κ1) is 20.7. The number of ketones is 1. The molecule has 0 aliphatic carbocycles. The molecule has 0 saturated carbocycles. The number of carbonyl (C=O) groups is 2. The minimum atomic E-state index is -0.793. The molecule has 4 heteroatoms. The third kappa shape index (κ3) is 15.1. The van der Waals surface area contributed by atoms with E-state index in [1.54, 1.807) is 0 Å². The zero-order valence-corrected chi connectivity index (χ0v) is 14.0. The minimum Gasteiger partial charge on any atom is -0.512 e. The predicted octanol–water partition coefficient (Wildman–Crippen LogP) is 5.17. The van der Waals surface area contributed by atoms with Gasteiger partial charge in [-0.05, 0) is 19.3 Å². The standard InChI is InChI=1S/C18H32O4/c1-2-3-4-5-6-7-9-12-16(19)15-17(20)13-10-8-11-14-18(21)22/h15,19H,2-14H2,1H3,(H,21,22)/b16-15-. The molecule has 2 N–H and O–H groups in total. The van der Waals surface area contributed by atoms with Gasteiger partial charge in [0.05, 0.1) is 5.76 Å². The van der Waals surface area contributed by atoms with Gasteiger partial charge in [0, 0.05) is 25.3 Å². The molecule has 4 nitrogen and oxygen atoms in total. The van der Waals surface area contributed by atoms with Crippen LogP contribution in [-0.4, -0.2) is 22.0 Å². The first-order valence-corrected chi connectivity index (χ1v) is 8.70. The predicted molar refractivity (Wildman–Crippen MR) is 89.0 cm³/mol. The number of carboxylic acid groups (broad SMARTS) is 1. The molecule has 0 heterocycles. The zero-order chi connectivity index (χ0) is 16.6. The quantitative estimate of drug-likeness (QED) is 0.248. The van der Waals surface area contributed by atoms with Gasteiger partial charge in [0.1, 0.15) is 0 Å². The van der Waals surface area contributed by atoms with E-state index in [4.69, 9.17) is 5.11 Å². The van der Waals surface area contributed by atoms with Gasteiger partial charge in [-0.25, -0.2) is 0 Å². The SMILES string of the molecule is CCCCCCCCC/C(O)=C/C(=O)CCCCCC(=O)O. The molecular formula is C18H32O4. The summed E-state index contributed by atoms with van der Waals surface area (Å²) in [6, 6.07) is 0. The van der Waals surface area contributed by atoms with Crippen LogP contribution in [0.25, 0.3) is 0 Å². The molecule has 0 aromatic rings. The maximum atomic E-state index is 11.6. The number of allylic oxidation sites excluding steroid dienone is 2. The number of carbonyl (C=O) groups excluding carboxylic acids is 1. The highest BCUT2D eigenvalue weighted by atomic mass is 16.4. The molecule has 0 aliphatic heterocycles. The van der Waals surface area contributed by atoms with Crippen LogP contribution in [0.5, 0.6) is 0 Å². The van der Waals surface area contributed by atoms with E-state index in [1.165, 1.54) is 38.2 Å². The van der Waals surface area contributed by atoms with E-state index in [1.807, 2.05) is 0 Å². The van der Waals surface area contributed by atoms with E-state index in [0.29, 0.717) is 25.7 Å². The number of carboxylic acids is 1. The van der Waals surface area contributed by atoms with E-state index < -0.39 is 5.97 Å². The third-order valence-electron chi connectivity index (χ3n) is 3.68. The van der Waals surface area contributed by atoms with Gasteiger partial charge in [0.15, 0.2) is 5.78 Å². The fraction of sp³-hybridized carbons (Fsp3) is 0.778. The Balaban J connectivity index is 3.56. The first-order chi connectivity index (χ1) is 10.6. The van der Waals surface area contributed by atoms with Gasteiger partial charge in [-0.15, -0.1) is 0 Å². The molecule has 0 aromatic carbocycles. The Labute approximate surface area is 134 Å². The summed E-state index contributed by atoms with van der Waals surface area (Å²) in [5.41, 5.74) is 0. The van der Waals surface area contributed by atoms with E-state index in [0.717, 1.165) is 19.3 Å². The summed E-state index contributed by atoms with van der Waals surface area (Å²) in [5, 5.41) is 18.2. The summed E-state index contributed by atoms with van der Waals surface area (Å²) in [6.45, 7) is 2.20. The molecule has 0 saturated heterocycles. The molecule has 0 bridgehead atoms. The van der Waals surface area contributed by atoms with Gasteiger partial charge < -0.3 is 10.2 Å². The van der Waals surface area contributed by atoms with Crippen molar-refractivity contribution in [2.24, 2.45) is 0 Å². The van der Waals surface area contributed by atoms with Gasteiger partial charge in [-0.2, -0.15) is 0 Å². The molecule has 0 radical (unpaired) electrons. The van der Waals surface area contributed by atoms with E-state index >= 15 is 0 Å². The van der Waals surface area contributed by atoms with E-state index in [9.17, 15) is 14.7 Å². The van der Waals surface area contributed by atoms with Crippen molar-refractivity contribution in [3.05, 3.63) is 11.8 Å². The molecule has 0 aliphatic rings. The van der Waals surface area contributed by atoms with Crippen LogP contribution < -0.4 is 0 Å². The van der Waals surface area contributed by atoms with E-state index in [2.05, 4.69) is 6.92 Å². The van der Waals surface area contributed by atoms with Gasteiger partial charge in [-0.3, -0.25) is 9.59 Å². The zero-order valence-electron chi connectivity index (χ0n) is 14.0. The summed E-state index contributed by atoms with van der Waals surface area (Å²) in [5.74, 6) is -0.668. The Morgan fingerprint density at radius 1 is 0.727 bits per heavy atom. The van der Waals surface area contributed by atoms with Crippen molar-refractivity contribution in [1.29, 1.82) is 0 Å². The van der Waals surface area contributed by atoms with E-state index in [-0.39, 0.29) is 18.0 Å². The fourth-order valence-corrected chi connectivity index (χ4v) is 2.35. The Bertz CT molecular complexity index is 334. The average Bonchev–Trinajstić information content (AvgIpc) is 2.45. The monoisotopic (exact) mass is 312 g/mol. The lowest BCUT2D eigenvalue weighted by Crippen LogP contribution is -1.97. The van der Waals surface area contributed by atoms with Crippen LogP contribution in [0.3, 0.4) is 0 Å². The maximum absolute atomic E-state index is 11.6. The highest BCUT2D eigenvalue weighted by molar-refractivity contribution is 5.89. The van der Waals surface area contributed by atoms with Crippen LogP contribution in [0, 0.1) is 0 Å². The number of hydrogen-bond acceptors (Lipinski definition) is 3. The molecular weight excluding hydrogens is 280 g/mol. The summed E-state index contributed by atoms with van der Waals surface area (Å²) >= 11 is 0.